The summed E-state index contributed by atoms with van der Waals surface area (Å²) in [5.74, 6) is 0.983. The van der Waals surface area contributed by atoms with Crippen molar-refractivity contribution in [2.75, 3.05) is 6.61 Å². The first-order valence-corrected chi connectivity index (χ1v) is 10.5. The lowest BCUT2D eigenvalue weighted by Gasteiger charge is -2.21. The Balaban J connectivity index is 2.06. The topological polar surface area (TPSA) is 9.23 Å². The highest BCUT2D eigenvalue weighted by molar-refractivity contribution is 6.23. The van der Waals surface area contributed by atoms with Gasteiger partial charge < -0.3 is 4.74 Å². The van der Waals surface area contributed by atoms with Gasteiger partial charge in [0.15, 0.2) is 0 Å². The van der Waals surface area contributed by atoms with Gasteiger partial charge in [0, 0.05) is 10.9 Å². The summed E-state index contributed by atoms with van der Waals surface area (Å²) in [6, 6.07) is 34.5. The first-order valence-electron chi connectivity index (χ1n) is 10.5. The lowest BCUT2D eigenvalue weighted by molar-refractivity contribution is 0.342. The molecule has 0 amide bonds. The van der Waals surface area contributed by atoms with E-state index < -0.39 is 0 Å². The van der Waals surface area contributed by atoms with E-state index in [9.17, 15) is 0 Å². The SMILES string of the molecule is CCOc1c(C)ccc2c(-c3ccccc3)c3ccccc3c(-c3ccccc3)c12. The van der Waals surface area contributed by atoms with Gasteiger partial charge in [-0.05, 0) is 52.3 Å². The van der Waals surface area contributed by atoms with Crippen LogP contribution in [0, 0.1) is 6.92 Å². The van der Waals surface area contributed by atoms with Crippen molar-refractivity contribution in [3.8, 4) is 28.0 Å². The fraction of sp³-hybridized carbons (Fsp3) is 0.103. The largest absolute Gasteiger partial charge is 0.493 e. The summed E-state index contributed by atoms with van der Waals surface area (Å²) >= 11 is 0. The monoisotopic (exact) mass is 388 g/mol. The van der Waals surface area contributed by atoms with E-state index >= 15 is 0 Å². The van der Waals surface area contributed by atoms with E-state index in [4.69, 9.17) is 4.74 Å². The lowest BCUT2D eigenvalue weighted by Crippen LogP contribution is -1.98. The summed E-state index contributed by atoms with van der Waals surface area (Å²) in [7, 11) is 0. The Labute approximate surface area is 177 Å². The third kappa shape index (κ3) is 2.95. The molecule has 5 rings (SSSR count). The molecule has 0 aromatic heterocycles. The van der Waals surface area contributed by atoms with Gasteiger partial charge >= 0.3 is 0 Å². The fourth-order valence-corrected chi connectivity index (χ4v) is 4.49. The second-order valence-electron chi connectivity index (χ2n) is 7.59. The Hall–Kier alpha value is -3.58. The maximum Gasteiger partial charge on any atom is 0.130 e. The van der Waals surface area contributed by atoms with E-state index in [-0.39, 0.29) is 0 Å². The zero-order chi connectivity index (χ0) is 20.5. The molecule has 5 aromatic carbocycles. The standard InChI is InChI=1S/C29H24O/c1-3-30-29-20(2)18-19-25-26(21-12-6-4-7-13-21)23-16-10-11-17-24(23)27(28(25)29)22-14-8-5-9-15-22/h4-19H,3H2,1-2H3. The minimum absolute atomic E-state index is 0.641. The molecule has 0 spiro atoms. The molecule has 0 saturated carbocycles. The molecule has 0 fully saturated rings. The van der Waals surface area contributed by atoms with E-state index in [1.165, 1.54) is 43.8 Å². The van der Waals surface area contributed by atoms with Gasteiger partial charge in [0.1, 0.15) is 5.75 Å². The molecule has 5 aromatic rings. The molecule has 0 bridgehead atoms. The van der Waals surface area contributed by atoms with E-state index in [2.05, 4.69) is 111 Å². The minimum Gasteiger partial charge on any atom is -0.493 e. The van der Waals surface area contributed by atoms with Crippen LogP contribution < -0.4 is 4.74 Å². The van der Waals surface area contributed by atoms with Crippen molar-refractivity contribution < 1.29 is 4.74 Å². The molecule has 146 valence electrons. The number of hydrogen-bond acceptors (Lipinski definition) is 1. The summed E-state index contributed by atoms with van der Waals surface area (Å²) in [5, 5.41) is 4.94. The fourth-order valence-electron chi connectivity index (χ4n) is 4.49. The molecule has 0 saturated heterocycles. The van der Waals surface area contributed by atoms with Gasteiger partial charge in [0.25, 0.3) is 0 Å². The predicted octanol–water partition coefficient (Wildman–Crippen LogP) is 8.03. The highest BCUT2D eigenvalue weighted by Gasteiger charge is 2.20. The van der Waals surface area contributed by atoms with Crippen molar-refractivity contribution in [3.05, 3.63) is 103 Å². The Kier molecular flexibility index (Phi) is 4.72. The number of ether oxygens (including phenoxy) is 1. The smallest absolute Gasteiger partial charge is 0.130 e. The van der Waals surface area contributed by atoms with Gasteiger partial charge in [-0.1, -0.05) is 97.1 Å². The number of fused-ring (bicyclic) bond motifs is 2. The van der Waals surface area contributed by atoms with E-state index in [0.29, 0.717) is 6.61 Å². The number of benzene rings is 5. The molecular weight excluding hydrogens is 364 g/mol. The molecule has 0 aliphatic rings. The van der Waals surface area contributed by atoms with Crippen LogP contribution in [0.15, 0.2) is 97.1 Å². The Morgan fingerprint density at radius 1 is 0.567 bits per heavy atom. The van der Waals surface area contributed by atoms with Crippen LogP contribution in [0.4, 0.5) is 0 Å². The van der Waals surface area contributed by atoms with Crippen LogP contribution in [0.3, 0.4) is 0 Å². The molecule has 0 aliphatic carbocycles. The minimum atomic E-state index is 0.641. The van der Waals surface area contributed by atoms with Crippen LogP contribution in [0.1, 0.15) is 12.5 Å². The van der Waals surface area contributed by atoms with Crippen molar-refractivity contribution in [2.24, 2.45) is 0 Å². The van der Waals surface area contributed by atoms with Crippen molar-refractivity contribution in [3.63, 3.8) is 0 Å². The number of hydrogen-bond donors (Lipinski definition) is 0. The van der Waals surface area contributed by atoms with Crippen LogP contribution in [-0.4, -0.2) is 6.61 Å². The van der Waals surface area contributed by atoms with Crippen molar-refractivity contribution in [1.29, 1.82) is 0 Å². The quantitative estimate of drug-likeness (QED) is 0.283. The lowest BCUT2D eigenvalue weighted by atomic mass is 9.85. The molecule has 0 heterocycles. The summed E-state index contributed by atoms with van der Waals surface area (Å²) in [6.07, 6.45) is 0. The highest BCUT2D eigenvalue weighted by Crippen LogP contribution is 2.47. The zero-order valence-corrected chi connectivity index (χ0v) is 17.4. The van der Waals surface area contributed by atoms with Crippen molar-refractivity contribution >= 4 is 21.5 Å². The van der Waals surface area contributed by atoms with E-state index in [1.54, 1.807) is 0 Å². The number of aryl methyl sites for hydroxylation is 1. The van der Waals surface area contributed by atoms with Gasteiger partial charge in [-0.2, -0.15) is 0 Å². The normalized spacial score (nSPS) is 11.1. The highest BCUT2D eigenvalue weighted by atomic mass is 16.5. The second kappa shape index (κ2) is 7.68. The van der Waals surface area contributed by atoms with Crippen LogP contribution in [-0.2, 0) is 0 Å². The summed E-state index contributed by atoms with van der Waals surface area (Å²) < 4.78 is 6.25. The molecule has 1 nitrogen and oxygen atoms in total. The summed E-state index contributed by atoms with van der Waals surface area (Å²) in [6.45, 7) is 4.83. The van der Waals surface area contributed by atoms with Gasteiger partial charge in [-0.15, -0.1) is 0 Å². The molecule has 0 unspecified atom stereocenters. The summed E-state index contributed by atoms with van der Waals surface area (Å²) in [4.78, 5) is 0. The Morgan fingerprint density at radius 2 is 1.10 bits per heavy atom. The average Bonchev–Trinajstić information content (AvgIpc) is 2.80. The van der Waals surface area contributed by atoms with Gasteiger partial charge in [0.2, 0.25) is 0 Å². The first-order chi connectivity index (χ1) is 14.8. The maximum absolute atomic E-state index is 6.25. The predicted molar refractivity (Wildman–Crippen MR) is 128 cm³/mol. The van der Waals surface area contributed by atoms with Crippen molar-refractivity contribution in [1.82, 2.24) is 0 Å². The third-order valence-corrected chi connectivity index (χ3v) is 5.75. The molecule has 0 atom stereocenters. The molecule has 0 radical (unpaired) electrons. The molecule has 1 heteroatoms. The maximum atomic E-state index is 6.25. The van der Waals surface area contributed by atoms with Crippen LogP contribution >= 0.6 is 0 Å². The van der Waals surface area contributed by atoms with Gasteiger partial charge in [-0.25, -0.2) is 0 Å². The van der Waals surface area contributed by atoms with E-state index in [0.717, 1.165) is 11.3 Å². The van der Waals surface area contributed by atoms with Crippen molar-refractivity contribution in [2.45, 2.75) is 13.8 Å². The van der Waals surface area contributed by atoms with Gasteiger partial charge in [-0.3, -0.25) is 0 Å². The van der Waals surface area contributed by atoms with Gasteiger partial charge in [0.05, 0.1) is 6.61 Å². The third-order valence-electron chi connectivity index (χ3n) is 5.75. The Bertz CT molecular complexity index is 1340. The molecule has 0 aliphatic heterocycles. The summed E-state index contributed by atoms with van der Waals surface area (Å²) in [5.41, 5.74) is 6.11. The average molecular weight is 389 g/mol. The molecule has 30 heavy (non-hydrogen) atoms. The first kappa shape index (κ1) is 18.4. The van der Waals surface area contributed by atoms with Crippen LogP contribution in [0.5, 0.6) is 5.75 Å². The second-order valence-corrected chi connectivity index (χ2v) is 7.59. The zero-order valence-electron chi connectivity index (χ0n) is 17.4. The molecule has 0 N–H and O–H groups in total. The van der Waals surface area contributed by atoms with Crippen LogP contribution in [0.25, 0.3) is 43.8 Å². The molecular formula is C29H24O. The Morgan fingerprint density at radius 3 is 1.70 bits per heavy atom. The van der Waals surface area contributed by atoms with Crippen LogP contribution in [0.2, 0.25) is 0 Å². The van der Waals surface area contributed by atoms with E-state index in [1.807, 2.05) is 0 Å². The number of rotatable bonds is 4.